The summed E-state index contributed by atoms with van der Waals surface area (Å²) in [4.78, 5) is 23.8. The van der Waals surface area contributed by atoms with Crippen molar-refractivity contribution in [2.24, 2.45) is 0 Å². The summed E-state index contributed by atoms with van der Waals surface area (Å²) in [6.07, 6.45) is 0.0773. The summed E-state index contributed by atoms with van der Waals surface area (Å²) in [5, 5.41) is 5.54. The zero-order valence-electron chi connectivity index (χ0n) is 16.2. The van der Waals surface area contributed by atoms with Gasteiger partial charge in [-0.25, -0.2) is 0 Å². The van der Waals surface area contributed by atoms with Gasteiger partial charge in [0.05, 0.1) is 19.3 Å². The van der Waals surface area contributed by atoms with E-state index in [-0.39, 0.29) is 17.9 Å². The summed E-state index contributed by atoms with van der Waals surface area (Å²) >= 11 is 0. The molecule has 0 aliphatic carbocycles. The number of anilines is 2. The smallest absolute Gasteiger partial charge is 0.255 e. The van der Waals surface area contributed by atoms with Gasteiger partial charge in [0.1, 0.15) is 5.75 Å². The van der Waals surface area contributed by atoms with Crippen LogP contribution in [0.1, 0.15) is 43.6 Å². The Morgan fingerprint density at radius 2 is 1.74 bits per heavy atom. The van der Waals surface area contributed by atoms with Gasteiger partial charge in [0, 0.05) is 29.4 Å². The van der Waals surface area contributed by atoms with Crippen LogP contribution in [0.15, 0.2) is 42.5 Å². The van der Waals surface area contributed by atoms with Gasteiger partial charge in [0.2, 0.25) is 5.91 Å². The fraction of sp³-hybridized carbons (Fsp3) is 0.333. The van der Waals surface area contributed by atoms with Gasteiger partial charge >= 0.3 is 0 Å². The molecule has 0 heterocycles. The molecule has 0 saturated carbocycles. The Morgan fingerprint density at radius 3 is 2.37 bits per heavy atom. The summed E-state index contributed by atoms with van der Waals surface area (Å²) in [7, 11) is 0. The highest BCUT2D eigenvalue weighted by atomic mass is 16.5. The lowest BCUT2D eigenvalue weighted by atomic mass is 10.1. The van der Waals surface area contributed by atoms with Gasteiger partial charge in [-0.1, -0.05) is 6.07 Å². The number of benzene rings is 2. The summed E-state index contributed by atoms with van der Waals surface area (Å²) in [5.74, 6) is 0.297. The third-order valence-corrected chi connectivity index (χ3v) is 3.64. The van der Waals surface area contributed by atoms with E-state index in [1.807, 2.05) is 20.8 Å². The standard InChI is InChI=1S/C21H26N2O4/c1-5-26-20-10-9-16(11-17(20)13-27-14(2)3)21(25)23-19-8-6-7-18(12-19)22-15(4)24/h6-12,14H,5,13H2,1-4H3,(H,22,24)(H,23,25). The van der Waals surface area contributed by atoms with Gasteiger partial charge in [0.15, 0.2) is 0 Å². The van der Waals surface area contributed by atoms with E-state index in [9.17, 15) is 9.59 Å². The van der Waals surface area contributed by atoms with Gasteiger partial charge < -0.3 is 20.1 Å². The molecule has 0 aromatic heterocycles. The normalized spacial score (nSPS) is 10.6. The molecular formula is C21H26N2O4. The number of nitrogens with one attached hydrogen (secondary N) is 2. The molecule has 0 fully saturated rings. The predicted octanol–water partition coefficient (Wildman–Crippen LogP) is 4.22. The zero-order valence-corrected chi connectivity index (χ0v) is 16.2. The lowest BCUT2D eigenvalue weighted by molar-refractivity contribution is -0.114. The molecule has 2 aromatic rings. The lowest BCUT2D eigenvalue weighted by Crippen LogP contribution is -2.14. The van der Waals surface area contributed by atoms with Gasteiger partial charge in [-0.15, -0.1) is 0 Å². The monoisotopic (exact) mass is 370 g/mol. The molecular weight excluding hydrogens is 344 g/mol. The fourth-order valence-corrected chi connectivity index (χ4v) is 2.47. The van der Waals surface area contributed by atoms with E-state index in [4.69, 9.17) is 9.47 Å². The molecule has 0 aliphatic heterocycles. The van der Waals surface area contributed by atoms with Crippen molar-refractivity contribution in [3.05, 3.63) is 53.6 Å². The minimum absolute atomic E-state index is 0.0773. The Hall–Kier alpha value is -2.86. The second kappa shape index (κ2) is 9.73. The molecule has 2 aromatic carbocycles. The van der Waals surface area contributed by atoms with Crippen LogP contribution in [0.3, 0.4) is 0 Å². The van der Waals surface area contributed by atoms with Crippen LogP contribution < -0.4 is 15.4 Å². The largest absolute Gasteiger partial charge is 0.494 e. The summed E-state index contributed by atoms with van der Waals surface area (Å²) in [5.41, 5.74) is 2.55. The maximum atomic E-state index is 12.6. The van der Waals surface area contributed by atoms with Crippen LogP contribution in [-0.2, 0) is 16.1 Å². The molecule has 0 unspecified atom stereocenters. The van der Waals surface area contributed by atoms with Crippen molar-refractivity contribution in [1.82, 2.24) is 0 Å². The number of rotatable bonds is 8. The maximum Gasteiger partial charge on any atom is 0.255 e. The van der Waals surface area contributed by atoms with Crippen molar-refractivity contribution in [1.29, 1.82) is 0 Å². The lowest BCUT2D eigenvalue weighted by Gasteiger charge is -2.14. The third kappa shape index (κ3) is 6.42. The van der Waals surface area contributed by atoms with E-state index >= 15 is 0 Å². The van der Waals surface area contributed by atoms with E-state index in [1.54, 1.807) is 42.5 Å². The first kappa shape index (κ1) is 20.5. The molecule has 144 valence electrons. The zero-order chi connectivity index (χ0) is 19.8. The van der Waals surface area contributed by atoms with E-state index in [2.05, 4.69) is 10.6 Å². The molecule has 0 spiro atoms. The average Bonchev–Trinajstić information content (AvgIpc) is 2.60. The Morgan fingerprint density at radius 1 is 1.04 bits per heavy atom. The molecule has 2 amide bonds. The number of ether oxygens (including phenoxy) is 2. The second-order valence-corrected chi connectivity index (χ2v) is 6.33. The quantitative estimate of drug-likeness (QED) is 0.729. The maximum absolute atomic E-state index is 12.6. The fourth-order valence-electron chi connectivity index (χ4n) is 2.47. The first-order valence-electron chi connectivity index (χ1n) is 8.95. The Bertz CT molecular complexity index is 803. The molecule has 0 atom stereocenters. The van der Waals surface area contributed by atoms with E-state index in [0.717, 1.165) is 5.56 Å². The van der Waals surface area contributed by atoms with Crippen molar-refractivity contribution in [3.8, 4) is 5.75 Å². The van der Waals surface area contributed by atoms with Crippen LogP contribution in [0, 0.1) is 0 Å². The molecule has 27 heavy (non-hydrogen) atoms. The minimum atomic E-state index is -0.246. The molecule has 2 N–H and O–H groups in total. The van der Waals surface area contributed by atoms with Crippen molar-refractivity contribution in [2.75, 3.05) is 17.2 Å². The SMILES string of the molecule is CCOc1ccc(C(=O)Nc2cccc(NC(C)=O)c2)cc1COC(C)C. The summed E-state index contributed by atoms with van der Waals surface area (Å²) in [6, 6.07) is 12.3. The van der Waals surface area contributed by atoms with E-state index in [0.29, 0.717) is 35.9 Å². The highest BCUT2D eigenvalue weighted by Gasteiger charge is 2.12. The van der Waals surface area contributed by atoms with Crippen LogP contribution >= 0.6 is 0 Å². The molecule has 0 radical (unpaired) electrons. The summed E-state index contributed by atoms with van der Waals surface area (Å²) in [6.45, 7) is 8.17. The Labute approximate surface area is 159 Å². The first-order chi connectivity index (χ1) is 12.9. The van der Waals surface area contributed by atoms with Crippen LogP contribution in [0.25, 0.3) is 0 Å². The first-order valence-corrected chi connectivity index (χ1v) is 8.95. The van der Waals surface area contributed by atoms with Crippen LogP contribution in [0.5, 0.6) is 5.75 Å². The molecule has 0 bridgehead atoms. The predicted molar refractivity (Wildman–Crippen MR) is 106 cm³/mol. The summed E-state index contributed by atoms with van der Waals surface area (Å²) < 4.78 is 11.3. The number of amides is 2. The molecule has 0 aliphatic rings. The van der Waals surface area contributed by atoms with Crippen LogP contribution in [0.2, 0.25) is 0 Å². The van der Waals surface area contributed by atoms with Crippen LogP contribution in [-0.4, -0.2) is 24.5 Å². The van der Waals surface area contributed by atoms with Crippen molar-refractivity contribution < 1.29 is 19.1 Å². The molecule has 6 heteroatoms. The second-order valence-electron chi connectivity index (χ2n) is 6.33. The average molecular weight is 370 g/mol. The van der Waals surface area contributed by atoms with Gasteiger partial charge in [-0.2, -0.15) is 0 Å². The van der Waals surface area contributed by atoms with Gasteiger partial charge in [-0.05, 0) is 57.2 Å². The van der Waals surface area contributed by atoms with E-state index in [1.165, 1.54) is 6.92 Å². The van der Waals surface area contributed by atoms with Crippen LogP contribution in [0.4, 0.5) is 11.4 Å². The molecule has 2 rings (SSSR count). The third-order valence-electron chi connectivity index (χ3n) is 3.64. The highest BCUT2D eigenvalue weighted by molar-refractivity contribution is 6.05. The number of carbonyl (C=O) groups is 2. The minimum Gasteiger partial charge on any atom is -0.494 e. The number of hydrogen-bond donors (Lipinski definition) is 2. The van der Waals surface area contributed by atoms with Crippen molar-refractivity contribution in [3.63, 3.8) is 0 Å². The number of carbonyl (C=O) groups excluding carboxylic acids is 2. The highest BCUT2D eigenvalue weighted by Crippen LogP contribution is 2.23. The Kier molecular flexibility index (Phi) is 7.37. The molecule has 6 nitrogen and oxygen atoms in total. The molecule has 0 saturated heterocycles. The van der Waals surface area contributed by atoms with E-state index < -0.39 is 0 Å². The topological polar surface area (TPSA) is 76.7 Å². The number of hydrogen-bond acceptors (Lipinski definition) is 4. The van der Waals surface area contributed by atoms with Gasteiger partial charge in [-0.3, -0.25) is 9.59 Å². The van der Waals surface area contributed by atoms with Crippen molar-refractivity contribution >= 4 is 23.2 Å². The van der Waals surface area contributed by atoms with Crippen molar-refractivity contribution in [2.45, 2.75) is 40.4 Å². The van der Waals surface area contributed by atoms with Gasteiger partial charge in [0.25, 0.3) is 5.91 Å². The Balaban J connectivity index is 2.17.